The number of aromatic nitrogens is 1. The zero-order valence-electron chi connectivity index (χ0n) is 10.8. The summed E-state index contributed by atoms with van der Waals surface area (Å²) in [6, 6.07) is 8.87. The molecule has 20 heavy (non-hydrogen) atoms. The van der Waals surface area contributed by atoms with Crippen molar-refractivity contribution in [1.82, 2.24) is 4.98 Å². The number of hydrogen-bond donors (Lipinski definition) is 1. The number of nitrogens with zero attached hydrogens (tertiary/aromatic N) is 1. The van der Waals surface area contributed by atoms with Crippen LogP contribution in [0, 0.1) is 0 Å². The Kier molecular flexibility index (Phi) is 2.19. The number of hydrogen-bond acceptors (Lipinski definition) is 3. The maximum absolute atomic E-state index is 11.1. The highest BCUT2D eigenvalue weighted by molar-refractivity contribution is 5.88. The molecule has 1 fully saturated rings. The fourth-order valence-corrected chi connectivity index (χ4v) is 2.93. The van der Waals surface area contributed by atoms with Gasteiger partial charge < -0.3 is 9.84 Å². The largest absolute Gasteiger partial charge is 0.478 e. The predicted octanol–water partition coefficient (Wildman–Crippen LogP) is 3.16. The Morgan fingerprint density at radius 2 is 2.10 bits per heavy atom. The van der Waals surface area contributed by atoms with E-state index in [1.807, 2.05) is 18.2 Å². The molecule has 0 atom stereocenters. The zero-order chi connectivity index (χ0) is 13.7. The lowest BCUT2D eigenvalue weighted by Crippen LogP contribution is -2.11. The number of benzene rings is 1. The molecule has 0 amide bonds. The molecule has 4 heteroatoms. The number of carbonyl (C=O) groups is 1. The maximum Gasteiger partial charge on any atom is 0.335 e. The highest BCUT2D eigenvalue weighted by Gasteiger charge is 2.49. The van der Waals surface area contributed by atoms with E-state index in [0.29, 0.717) is 5.75 Å². The first-order valence-electron chi connectivity index (χ1n) is 6.68. The van der Waals surface area contributed by atoms with Crippen molar-refractivity contribution in [3.8, 4) is 11.5 Å². The lowest BCUT2D eigenvalue weighted by atomic mass is 9.92. The van der Waals surface area contributed by atoms with Gasteiger partial charge in [-0.15, -0.1) is 0 Å². The van der Waals surface area contributed by atoms with Crippen molar-refractivity contribution in [2.45, 2.75) is 24.7 Å². The van der Waals surface area contributed by atoms with E-state index in [-0.39, 0.29) is 11.0 Å². The van der Waals surface area contributed by atoms with E-state index >= 15 is 0 Å². The van der Waals surface area contributed by atoms with E-state index in [9.17, 15) is 4.79 Å². The van der Waals surface area contributed by atoms with Crippen molar-refractivity contribution in [3.05, 3.63) is 53.3 Å². The van der Waals surface area contributed by atoms with Gasteiger partial charge in [-0.05, 0) is 49.1 Å². The molecular formula is C16H13NO3. The molecule has 2 aliphatic rings. The Hall–Kier alpha value is -2.36. The number of rotatable bonds is 1. The van der Waals surface area contributed by atoms with E-state index in [1.165, 1.54) is 0 Å². The molecule has 1 spiro atoms. The number of ether oxygens (including phenoxy) is 1. The van der Waals surface area contributed by atoms with Crippen LogP contribution in [0.3, 0.4) is 0 Å². The minimum absolute atomic E-state index is 0.0899. The van der Waals surface area contributed by atoms with Gasteiger partial charge in [0, 0.05) is 11.6 Å². The van der Waals surface area contributed by atoms with Crippen LogP contribution in [0.2, 0.25) is 0 Å². The molecule has 4 rings (SSSR count). The Bertz CT molecular complexity index is 719. The van der Waals surface area contributed by atoms with Crippen LogP contribution in [0.4, 0.5) is 0 Å². The third-order valence-corrected chi connectivity index (χ3v) is 4.19. The highest BCUT2D eigenvalue weighted by Crippen LogP contribution is 2.55. The van der Waals surface area contributed by atoms with Gasteiger partial charge in [0.1, 0.15) is 11.5 Å². The van der Waals surface area contributed by atoms with Crippen molar-refractivity contribution in [1.29, 1.82) is 0 Å². The van der Waals surface area contributed by atoms with Crippen LogP contribution in [0.5, 0.6) is 11.5 Å². The van der Waals surface area contributed by atoms with Crippen molar-refractivity contribution in [2.75, 3.05) is 0 Å². The van der Waals surface area contributed by atoms with E-state index < -0.39 is 5.97 Å². The summed E-state index contributed by atoms with van der Waals surface area (Å²) in [6.07, 6.45) is 4.88. The maximum atomic E-state index is 11.1. The third kappa shape index (κ3) is 1.61. The molecular weight excluding hydrogens is 254 g/mol. The summed E-state index contributed by atoms with van der Waals surface area (Å²) in [5.74, 6) is 0.461. The number of aromatic carboxylic acids is 1. The smallest absolute Gasteiger partial charge is 0.335 e. The molecule has 2 aromatic rings. The van der Waals surface area contributed by atoms with Gasteiger partial charge in [-0.25, -0.2) is 4.79 Å². The average molecular weight is 267 g/mol. The van der Waals surface area contributed by atoms with Crippen LogP contribution in [0.25, 0.3) is 0 Å². The van der Waals surface area contributed by atoms with Gasteiger partial charge >= 0.3 is 5.97 Å². The number of fused-ring (bicyclic) bond motifs is 3. The van der Waals surface area contributed by atoms with Crippen molar-refractivity contribution in [2.24, 2.45) is 0 Å². The molecule has 0 saturated heterocycles. The normalized spacial score (nSPS) is 17.6. The summed E-state index contributed by atoms with van der Waals surface area (Å²) >= 11 is 0. The monoisotopic (exact) mass is 267 g/mol. The second-order valence-corrected chi connectivity index (χ2v) is 5.54. The van der Waals surface area contributed by atoms with Gasteiger partial charge in [0.15, 0.2) is 0 Å². The predicted molar refractivity (Wildman–Crippen MR) is 72.3 cm³/mol. The number of carboxylic acid groups (broad SMARTS) is 1. The van der Waals surface area contributed by atoms with E-state index in [4.69, 9.17) is 9.84 Å². The summed E-state index contributed by atoms with van der Waals surface area (Å²) in [6.45, 7) is 0. The van der Waals surface area contributed by atoms with Crippen LogP contribution >= 0.6 is 0 Å². The average Bonchev–Trinajstić information content (AvgIpc) is 3.23. The Morgan fingerprint density at radius 1 is 1.25 bits per heavy atom. The fraction of sp³-hybridized carbons (Fsp3) is 0.250. The Labute approximate surface area is 116 Å². The molecule has 0 bridgehead atoms. The standard InChI is InChI=1S/C16H13NO3/c18-15(19)10-3-4-11-9-16(5-6-16)14-12(2-1-7-17-14)20-13(11)8-10/h1-4,7-8H,5-6,9H2,(H,18,19). The van der Waals surface area contributed by atoms with E-state index in [0.717, 1.165) is 36.3 Å². The number of pyridine rings is 1. The molecule has 1 aromatic carbocycles. The molecule has 1 aliphatic carbocycles. The van der Waals surface area contributed by atoms with Gasteiger partial charge in [0.2, 0.25) is 0 Å². The van der Waals surface area contributed by atoms with Gasteiger partial charge in [-0.1, -0.05) is 6.07 Å². The van der Waals surface area contributed by atoms with Gasteiger partial charge in [0.05, 0.1) is 11.3 Å². The highest BCUT2D eigenvalue weighted by atomic mass is 16.5. The van der Waals surface area contributed by atoms with Crippen molar-refractivity contribution >= 4 is 5.97 Å². The minimum Gasteiger partial charge on any atom is -0.478 e. The van der Waals surface area contributed by atoms with Crippen LogP contribution in [0.1, 0.15) is 34.5 Å². The molecule has 2 heterocycles. The fourth-order valence-electron chi connectivity index (χ4n) is 2.93. The molecule has 1 N–H and O–H groups in total. The molecule has 0 radical (unpaired) electrons. The third-order valence-electron chi connectivity index (χ3n) is 4.19. The topological polar surface area (TPSA) is 59.4 Å². The Morgan fingerprint density at radius 3 is 2.85 bits per heavy atom. The molecule has 0 unspecified atom stereocenters. The first-order valence-corrected chi connectivity index (χ1v) is 6.68. The summed E-state index contributed by atoms with van der Waals surface area (Å²) in [4.78, 5) is 15.6. The molecule has 1 saturated carbocycles. The molecule has 1 aliphatic heterocycles. The van der Waals surface area contributed by atoms with Crippen LogP contribution < -0.4 is 4.74 Å². The quantitative estimate of drug-likeness (QED) is 0.862. The van der Waals surface area contributed by atoms with Gasteiger partial charge in [-0.2, -0.15) is 0 Å². The lowest BCUT2D eigenvalue weighted by Gasteiger charge is -2.12. The first kappa shape index (κ1) is 11.5. The van der Waals surface area contributed by atoms with Crippen molar-refractivity contribution in [3.63, 3.8) is 0 Å². The summed E-state index contributed by atoms with van der Waals surface area (Å²) in [7, 11) is 0. The Balaban J connectivity index is 1.88. The van der Waals surface area contributed by atoms with Gasteiger partial charge in [-0.3, -0.25) is 4.98 Å². The summed E-state index contributed by atoms with van der Waals surface area (Å²) in [5, 5.41) is 9.10. The lowest BCUT2D eigenvalue weighted by molar-refractivity contribution is 0.0696. The molecule has 1 aromatic heterocycles. The van der Waals surface area contributed by atoms with Crippen molar-refractivity contribution < 1.29 is 14.6 Å². The number of carboxylic acids is 1. The zero-order valence-corrected chi connectivity index (χ0v) is 10.8. The second-order valence-electron chi connectivity index (χ2n) is 5.54. The first-order chi connectivity index (χ1) is 9.68. The van der Waals surface area contributed by atoms with E-state index in [2.05, 4.69) is 4.98 Å². The molecule has 100 valence electrons. The summed E-state index contributed by atoms with van der Waals surface area (Å²) < 4.78 is 5.94. The van der Waals surface area contributed by atoms with E-state index in [1.54, 1.807) is 18.3 Å². The molecule has 4 nitrogen and oxygen atoms in total. The van der Waals surface area contributed by atoms with Crippen LogP contribution in [-0.2, 0) is 11.8 Å². The van der Waals surface area contributed by atoms with Gasteiger partial charge in [0.25, 0.3) is 0 Å². The minimum atomic E-state index is -0.937. The SMILES string of the molecule is O=C(O)c1ccc2c(c1)Oc1cccnc1C1(CC1)C2. The van der Waals surface area contributed by atoms with Crippen LogP contribution in [0.15, 0.2) is 36.5 Å². The van der Waals surface area contributed by atoms with Crippen LogP contribution in [-0.4, -0.2) is 16.1 Å². The second kappa shape index (κ2) is 3.82. The summed E-state index contributed by atoms with van der Waals surface area (Å²) in [5.41, 5.74) is 2.41.